The summed E-state index contributed by atoms with van der Waals surface area (Å²) in [6.07, 6.45) is 1.87. The van der Waals surface area contributed by atoms with Crippen molar-refractivity contribution in [3.63, 3.8) is 0 Å². The first kappa shape index (κ1) is 17.1. The molecule has 0 aliphatic heterocycles. The van der Waals surface area contributed by atoms with E-state index >= 15 is 0 Å². The maximum absolute atomic E-state index is 11.9. The molecule has 21 heavy (non-hydrogen) atoms. The molecular weight excluding hydrogens is 290 g/mol. The van der Waals surface area contributed by atoms with Gasteiger partial charge in [0.15, 0.2) is 0 Å². The average Bonchev–Trinajstić information content (AvgIpc) is 2.42. The van der Waals surface area contributed by atoms with Gasteiger partial charge in [-0.15, -0.1) is 0 Å². The van der Waals surface area contributed by atoms with Crippen LogP contribution in [-0.2, 0) is 14.8 Å². The molecule has 1 aromatic rings. The Hall–Kier alpha value is -1.91. The number of para-hydroxylation sites is 1. The normalized spacial score (nSPS) is 11.1. The van der Waals surface area contributed by atoms with E-state index < -0.39 is 10.0 Å². The standard InChI is InChI=1S/C14H19N3O3S/c1-3-9-17(21(2,19)20)10-8-14(18)16-13-7-5-4-6-12(13)11-15/h4-7H,3,8-10H2,1-2H3,(H,16,18). The maximum atomic E-state index is 11.9. The van der Waals surface area contributed by atoms with E-state index in [1.165, 1.54) is 4.31 Å². The lowest BCUT2D eigenvalue weighted by molar-refractivity contribution is -0.116. The van der Waals surface area contributed by atoms with Crippen LogP contribution in [0.25, 0.3) is 0 Å². The minimum Gasteiger partial charge on any atom is -0.325 e. The highest BCUT2D eigenvalue weighted by atomic mass is 32.2. The first-order chi connectivity index (χ1) is 9.88. The summed E-state index contributed by atoms with van der Waals surface area (Å²) in [6, 6.07) is 8.66. The van der Waals surface area contributed by atoms with E-state index in [-0.39, 0.29) is 18.9 Å². The summed E-state index contributed by atoms with van der Waals surface area (Å²) in [5.74, 6) is -0.317. The first-order valence-electron chi connectivity index (χ1n) is 6.62. The molecule has 0 aliphatic rings. The molecule has 114 valence electrons. The molecule has 0 atom stereocenters. The molecule has 0 spiro atoms. The topological polar surface area (TPSA) is 90.3 Å². The van der Waals surface area contributed by atoms with E-state index in [1.54, 1.807) is 24.3 Å². The number of amides is 1. The van der Waals surface area contributed by atoms with Crippen molar-refractivity contribution in [2.75, 3.05) is 24.7 Å². The molecule has 0 heterocycles. The largest absolute Gasteiger partial charge is 0.325 e. The smallest absolute Gasteiger partial charge is 0.225 e. The van der Waals surface area contributed by atoms with Crippen molar-refractivity contribution in [3.8, 4) is 6.07 Å². The highest BCUT2D eigenvalue weighted by Gasteiger charge is 2.17. The van der Waals surface area contributed by atoms with Crippen molar-refractivity contribution in [1.29, 1.82) is 5.26 Å². The van der Waals surface area contributed by atoms with Gasteiger partial charge in [0.2, 0.25) is 15.9 Å². The Kier molecular flexibility index (Phi) is 6.34. The van der Waals surface area contributed by atoms with E-state index in [1.807, 2.05) is 13.0 Å². The van der Waals surface area contributed by atoms with Crippen LogP contribution in [0.1, 0.15) is 25.3 Å². The summed E-state index contributed by atoms with van der Waals surface area (Å²) in [4.78, 5) is 11.9. The van der Waals surface area contributed by atoms with Gasteiger partial charge >= 0.3 is 0 Å². The highest BCUT2D eigenvalue weighted by Crippen LogP contribution is 2.14. The monoisotopic (exact) mass is 309 g/mol. The zero-order valence-corrected chi connectivity index (χ0v) is 13.0. The highest BCUT2D eigenvalue weighted by molar-refractivity contribution is 7.88. The Morgan fingerprint density at radius 3 is 2.57 bits per heavy atom. The van der Waals surface area contributed by atoms with Gasteiger partial charge < -0.3 is 5.32 Å². The summed E-state index contributed by atoms with van der Waals surface area (Å²) in [5.41, 5.74) is 0.811. The number of hydrogen-bond acceptors (Lipinski definition) is 4. The van der Waals surface area contributed by atoms with Gasteiger partial charge in [0.05, 0.1) is 17.5 Å². The maximum Gasteiger partial charge on any atom is 0.225 e. The number of anilines is 1. The molecule has 1 N–H and O–H groups in total. The summed E-state index contributed by atoms with van der Waals surface area (Å²) in [6.45, 7) is 2.40. The van der Waals surface area contributed by atoms with Crippen LogP contribution in [0.3, 0.4) is 0 Å². The minimum absolute atomic E-state index is 0.0484. The van der Waals surface area contributed by atoms with Crippen molar-refractivity contribution >= 4 is 21.6 Å². The zero-order chi connectivity index (χ0) is 15.9. The zero-order valence-electron chi connectivity index (χ0n) is 12.2. The fourth-order valence-electron chi connectivity index (χ4n) is 1.82. The summed E-state index contributed by atoms with van der Waals surface area (Å²) in [5, 5.41) is 11.6. The molecule has 1 amide bonds. The van der Waals surface area contributed by atoms with E-state index in [0.717, 1.165) is 6.26 Å². The SMILES string of the molecule is CCCN(CCC(=O)Nc1ccccc1C#N)S(C)(=O)=O. The molecular formula is C14H19N3O3S. The van der Waals surface area contributed by atoms with Crippen LogP contribution in [0.2, 0.25) is 0 Å². The lowest BCUT2D eigenvalue weighted by atomic mass is 10.2. The van der Waals surface area contributed by atoms with Crippen LogP contribution in [0.4, 0.5) is 5.69 Å². The molecule has 6 nitrogen and oxygen atoms in total. The number of nitrogens with zero attached hydrogens (tertiary/aromatic N) is 2. The third-order valence-corrected chi connectivity index (χ3v) is 4.16. The Labute approximate surface area is 125 Å². The molecule has 1 rings (SSSR count). The third kappa shape index (κ3) is 5.53. The van der Waals surface area contributed by atoms with Gasteiger partial charge in [0.1, 0.15) is 6.07 Å². The van der Waals surface area contributed by atoms with Gasteiger partial charge in [-0.1, -0.05) is 19.1 Å². The third-order valence-electron chi connectivity index (χ3n) is 2.85. The molecule has 0 saturated heterocycles. The lowest BCUT2D eigenvalue weighted by Crippen LogP contribution is -2.33. The van der Waals surface area contributed by atoms with Crippen LogP contribution in [0.15, 0.2) is 24.3 Å². The summed E-state index contributed by atoms with van der Waals surface area (Å²) >= 11 is 0. The Bertz CT molecular complexity index is 635. The molecule has 0 aliphatic carbocycles. The number of rotatable bonds is 7. The lowest BCUT2D eigenvalue weighted by Gasteiger charge is -2.18. The first-order valence-corrected chi connectivity index (χ1v) is 8.47. The molecule has 0 radical (unpaired) electrons. The summed E-state index contributed by atoms with van der Waals surface area (Å²) in [7, 11) is -3.31. The van der Waals surface area contributed by atoms with Crippen LogP contribution in [0, 0.1) is 11.3 Å². The van der Waals surface area contributed by atoms with Crippen molar-refractivity contribution in [2.24, 2.45) is 0 Å². The molecule has 7 heteroatoms. The second-order valence-electron chi connectivity index (χ2n) is 4.62. The van der Waals surface area contributed by atoms with Gasteiger partial charge in [-0.25, -0.2) is 12.7 Å². The van der Waals surface area contributed by atoms with Gasteiger partial charge in [0.25, 0.3) is 0 Å². The minimum atomic E-state index is -3.31. The number of sulfonamides is 1. The number of nitriles is 1. The molecule has 1 aromatic carbocycles. The Morgan fingerprint density at radius 1 is 1.33 bits per heavy atom. The van der Waals surface area contributed by atoms with E-state index in [2.05, 4.69) is 5.32 Å². The van der Waals surface area contributed by atoms with Gasteiger partial charge in [-0.2, -0.15) is 5.26 Å². The number of carbonyl (C=O) groups excluding carboxylic acids is 1. The van der Waals surface area contributed by atoms with Gasteiger partial charge in [-0.3, -0.25) is 4.79 Å². The summed E-state index contributed by atoms with van der Waals surface area (Å²) < 4.78 is 24.4. The number of benzene rings is 1. The average molecular weight is 309 g/mol. The number of hydrogen-bond donors (Lipinski definition) is 1. The molecule has 0 saturated carbocycles. The molecule has 0 aromatic heterocycles. The molecule has 0 unspecified atom stereocenters. The van der Waals surface area contributed by atoms with Crippen molar-refractivity contribution < 1.29 is 13.2 Å². The number of nitrogens with one attached hydrogen (secondary N) is 1. The Balaban J connectivity index is 2.64. The van der Waals surface area contributed by atoms with E-state index in [9.17, 15) is 13.2 Å². The van der Waals surface area contributed by atoms with E-state index in [4.69, 9.17) is 5.26 Å². The second-order valence-corrected chi connectivity index (χ2v) is 6.60. The van der Waals surface area contributed by atoms with E-state index in [0.29, 0.717) is 24.2 Å². The number of carbonyl (C=O) groups is 1. The Morgan fingerprint density at radius 2 is 2.00 bits per heavy atom. The van der Waals surface area contributed by atoms with Gasteiger partial charge in [-0.05, 0) is 18.6 Å². The van der Waals surface area contributed by atoms with Crippen molar-refractivity contribution in [2.45, 2.75) is 19.8 Å². The molecule has 0 bridgehead atoms. The quantitative estimate of drug-likeness (QED) is 0.827. The molecule has 0 fully saturated rings. The van der Waals surface area contributed by atoms with Crippen LogP contribution in [0.5, 0.6) is 0 Å². The fourth-order valence-corrected chi connectivity index (χ4v) is 2.76. The second kappa shape index (κ2) is 7.76. The van der Waals surface area contributed by atoms with Crippen molar-refractivity contribution in [1.82, 2.24) is 4.31 Å². The van der Waals surface area contributed by atoms with Crippen LogP contribution in [-0.4, -0.2) is 38.0 Å². The van der Waals surface area contributed by atoms with Gasteiger partial charge in [0, 0.05) is 19.5 Å². The van der Waals surface area contributed by atoms with Crippen LogP contribution < -0.4 is 5.32 Å². The fraction of sp³-hybridized carbons (Fsp3) is 0.429. The predicted molar refractivity (Wildman–Crippen MR) is 81.1 cm³/mol. The van der Waals surface area contributed by atoms with Crippen LogP contribution >= 0.6 is 0 Å². The van der Waals surface area contributed by atoms with Crippen molar-refractivity contribution in [3.05, 3.63) is 29.8 Å². The predicted octanol–water partition coefficient (Wildman–Crippen LogP) is 1.56.